The Hall–Kier alpha value is -3.14. The molecule has 0 fully saturated rings. The van der Waals surface area contributed by atoms with Crippen molar-refractivity contribution in [1.82, 2.24) is 15.6 Å². The smallest absolute Gasteiger partial charge is 0.405 e. The van der Waals surface area contributed by atoms with Crippen LogP contribution >= 0.6 is 11.3 Å². The van der Waals surface area contributed by atoms with Crippen LogP contribution in [0.3, 0.4) is 0 Å². The van der Waals surface area contributed by atoms with E-state index in [2.05, 4.69) is 20.9 Å². The lowest BCUT2D eigenvalue weighted by Gasteiger charge is -2.15. The maximum atomic E-state index is 12.4. The van der Waals surface area contributed by atoms with Crippen LogP contribution in [0.5, 0.6) is 0 Å². The molecule has 0 aliphatic rings. The number of hydrogen-bond acceptors (Lipinski definition) is 5. The van der Waals surface area contributed by atoms with Gasteiger partial charge in [0.25, 0.3) is 0 Å². The number of thiazole rings is 1. The van der Waals surface area contributed by atoms with Gasteiger partial charge in [0.1, 0.15) is 6.04 Å². The summed E-state index contributed by atoms with van der Waals surface area (Å²) in [7, 11) is 0. The summed E-state index contributed by atoms with van der Waals surface area (Å²) in [5.74, 6) is -0.502. The minimum absolute atomic E-state index is 0.240. The van der Waals surface area contributed by atoms with Crippen LogP contribution in [0.15, 0.2) is 35.7 Å². The van der Waals surface area contributed by atoms with Gasteiger partial charge in [0, 0.05) is 17.5 Å². The first-order valence-electron chi connectivity index (χ1n) is 8.24. The molecule has 0 radical (unpaired) electrons. The van der Waals surface area contributed by atoms with Crippen molar-refractivity contribution < 1.29 is 24.6 Å². The van der Waals surface area contributed by atoms with Crippen molar-refractivity contribution in [3.05, 3.63) is 35.7 Å². The Kier molecular flexibility index (Phi) is 7.56. The highest BCUT2D eigenvalue weighted by molar-refractivity contribution is 7.14. The van der Waals surface area contributed by atoms with Crippen molar-refractivity contribution in [2.45, 2.75) is 25.3 Å². The third-order valence-corrected chi connectivity index (χ3v) is 4.37. The number of anilines is 1. The van der Waals surface area contributed by atoms with Gasteiger partial charge >= 0.3 is 12.2 Å². The monoisotopic (exact) mass is 392 g/mol. The van der Waals surface area contributed by atoms with E-state index in [1.807, 2.05) is 35.7 Å². The normalized spacial score (nSPS) is 11.4. The van der Waals surface area contributed by atoms with Gasteiger partial charge in [-0.3, -0.25) is 4.79 Å². The Morgan fingerprint density at radius 3 is 2.48 bits per heavy atom. The zero-order valence-corrected chi connectivity index (χ0v) is 15.2. The molecule has 1 aromatic heterocycles. The molecule has 0 aliphatic heterocycles. The van der Waals surface area contributed by atoms with Crippen LogP contribution in [0.2, 0.25) is 0 Å². The third kappa shape index (κ3) is 6.94. The van der Waals surface area contributed by atoms with Gasteiger partial charge in [-0.25, -0.2) is 14.6 Å². The molecule has 10 heteroatoms. The van der Waals surface area contributed by atoms with Crippen LogP contribution in [0.4, 0.5) is 14.7 Å². The van der Waals surface area contributed by atoms with Crippen LogP contribution in [0.25, 0.3) is 11.3 Å². The Morgan fingerprint density at radius 2 is 1.81 bits per heavy atom. The molecule has 1 atom stereocenters. The lowest BCUT2D eigenvalue weighted by atomic mass is 10.1. The topological polar surface area (TPSA) is 141 Å². The molecule has 5 N–H and O–H groups in total. The molecule has 144 valence electrons. The second kappa shape index (κ2) is 10.1. The highest BCUT2D eigenvalue weighted by Gasteiger charge is 2.21. The summed E-state index contributed by atoms with van der Waals surface area (Å²) < 4.78 is 0. The molecule has 3 amide bonds. The van der Waals surface area contributed by atoms with Gasteiger partial charge in [0.15, 0.2) is 5.13 Å². The number of rotatable bonds is 9. The average molecular weight is 392 g/mol. The summed E-state index contributed by atoms with van der Waals surface area (Å²) in [6, 6.07) is 8.53. The Labute approximate surface area is 159 Å². The second-order valence-corrected chi connectivity index (χ2v) is 6.48. The van der Waals surface area contributed by atoms with Crippen molar-refractivity contribution >= 4 is 34.6 Å². The highest BCUT2D eigenvalue weighted by atomic mass is 32.1. The minimum Gasteiger partial charge on any atom is -0.465 e. The maximum absolute atomic E-state index is 12.4. The molecule has 1 unspecified atom stereocenters. The predicted molar refractivity (Wildman–Crippen MR) is 101 cm³/mol. The van der Waals surface area contributed by atoms with Gasteiger partial charge in [-0.1, -0.05) is 30.3 Å². The Bertz CT molecular complexity index is 781. The number of amides is 3. The number of aromatic nitrogens is 1. The molecule has 1 aromatic carbocycles. The summed E-state index contributed by atoms with van der Waals surface area (Å²) >= 11 is 1.25. The molecule has 0 bridgehead atoms. The van der Waals surface area contributed by atoms with Crippen LogP contribution < -0.4 is 16.0 Å². The number of carbonyl (C=O) groups is 3. The quantitative estimate of drug-likeness (QED) is 0.416. The molecule has 9 nitrogen and oxygen atoms in total. The molecule has 1 heterocycles. The number of carbonyl (C=O) groups excluding carboxylic acids is 1. The number of nitrogens with zero attached hydrogens (tertiary/aromatic N) is 1. The number of unbranched alkanes of at least 4 members (excludes halogenated alkanes) is 1. The predicted octanol–water partition coefficient (Wildman–Crippen LogP) is 2.82. The van der Waals surface area contributed by atoms with Crippen molar-refractivity contribution in [2.24, 2.45) is 0 Å². The zero-order chi connectivity index (χ0) is 19.6. The molecule has 0 saturated heterocycles. The van der Waals surface area contributed by atoms with E-state index in [1.165, 1.54) is 11.3 Å². The summed E-state index contributed by atoms with van der Waals surface area (Å²) in [5, 5.41) is 26.7. The SMILES string of the molecule is O=C(O)NCCCCC(NC(=O)O)C(=O)Nc1nc(-c2ccccc2)cs1. The van der Waals surface area contributed by atoms with Gasteiger partial charge in [-0.2, -0.15) is 0 Å². The standard InChI is InChI=1S/C17H20N4O5S/c22-14(12(20-17(25)26)8-4-5-9-18-16(23)24)21-15-19-13(10-27-15)11-6-2-1-3-7-11/h1-3,6-7,10,12,18,20H,4-5,8-9H2,(H,23,24)(H,25,26)(H,19,21,22). The number of hydrogen-bond donors (Lipinski definition) is 5. The fourth-order valence-electron chi connectivity index (χ4n) is 2.35. The number of benzene rings is 1. The molecule has 0 aliphatic carbocycles. The molecular formula is C17H20N4O5S. The highest BCUT2D eigenvalue weighted by Crippen LogP contribution is 2.24. The van der Waals surface area contributed by atoms with Crippen molar-refractivity contribution in [3.8, 4) is 11.3 Å². The van der Waals surface area contributed by atoms with Crippen LogP contribution in [0, 0.1) is 0 Å². The van der Waals surface area contributed by atoms with Crippen molar-refractivity contribution in [2.75, 3.05) is 11.9 Å². The van der Waals surface area contributed by atoms with Crippen molar-refractivity contribution in [3.63, 3.8) is 0 Å². The van der Waals surface area contributed by atoms with Gasteiger partial charge in [-0.05, 0) is 19.3 Å². The molecular weight excluding hydrogens is 372 g/mol. The van der Waals surface area contributed by atoms with E-state index in [1.54, 1.807) is 0 Å². The molecule has 2 rings (SSSR count). The molecule has 0 spiro atoms. The van der Waals surface area contributed by atoms with Crippen LogP contribution in [0.1, 0.15) is 19.3 Å². The van der Waals surface area contributed by atoms with Crippen molar-refractivity contribution in [1.29, 1.82) is 0 Å². The summed E-state index contributed by atoms with van der Waals surface area (Å²) in [5.41, 5.74) is 1.64. The van der Waals surface area contributed by atoms with Crippen LogP contribution in [-0.4, -0.2) is 45.9 Å². The number of carboxylic acid groups (broad SMARTS) is 2. The summed E-state index contributed by atoms with van der Waals surface area (Å²) in [6.45, 7) is 0.240. The van der Waals surface area contributed by atoms with E-state index in [0.29, 0.717) is 18.0 Å². The third-order valence-electron chi connectivity index (χ3n) is 3.61. The van der Waals surface area contributed by atoms with Gasteiger partial charge < -0.3 is 26.2 Å². The van der Waals surface area contributed by atoms with Gasteiger partial charge in [0.05, 0.1) is 5.69 Å². The summed E-state index contributed by atoms with van der Waals surface area (Å²) in [4.78, 5) is 38.1. The zero-order valence-electron chi connectivity index (χ0n) is 14.3. The van der Waals surface area contributed by atoms with E-state index in [9.17, 15) is 14.4 Å². The van der Waals surface area contributed by atoms with E-state index in [0.717, 1.165) is 11.3 Å². The lowest BCUT2D eigenvalue weighted by Crippen LogP contribution is -2.43. The first-order chi connectivity index (χ1) is 13.0. The van der Waals surface area contributed by atoms with E-state index in [4.69, 9.17) is 10.2 Å². The fraction of sp³-hybridized carbons (Fsp3) is 0.294. The lowest BCUT2D eigenvalue weighted by molar-refractivity contribution is -0.118. The Balaban J connectivity index is 1.92. The largest absolute Gasteiger partial charge is 0.465 e. The molecule has 2 aromatic rings. The average Bonchev–Trinajstić information content (AvgIpc) is 3.09. The van der Waals surface area contributed by atoms with E-state index >= 15 is 0 Å². The van der Waals surface area contributed by atoms with E-state index < -0.39 is 24.1 Å². The maximum Gasteiger partial charge on any atom is 0.405 e. The Morgan fingerprint density at radius 1 is 1.07 bits per heavy atom. The summed E-state index contributed by atoms with van der Waals surface area (Å²) in [6.07, 6.45) is -1.21. The minimum atomic E-state index is -1.30. The van der Waals surface area contributed by atoms with Gasteiger partial charge in [0.2, 0.25) is 5.91 Å². The molecule has 27 heavy (non-hydrogen) atoms. The second-order valence-electron chi connectivity index (χ2n) is 5.62. The first-order valence-corrected chi connectivity index (χ1v) is 9.11. The van der Waals surface area contributed by atoms with E-state index in [-0.39, 0.29) is 13.0 Å². The fourth-order valence-corrected chi connectivity index (χ4v) is 3.07. The van der Waals surface area contributed by atoms with Crippen LogP contribution in [-0.2, 0) is 4.79 Å². The molecule has 0 saturated carbocycles. The number of nitrogens with one attached hydrogen (secondary N) is 3. The van der Waals surface area contributed by atoms with Gasteiger partial charge in [-0.15, -0.1) is 11.3 Å². The first kappa shape index (κ1) is 20.2.